The van der Waals surface area contributed by atoms with E-state index in [4.69, 9.17) is 9.72 Å². The van der Waals surface area contributed by atoms with Gasteiger partial charge < -0.3 is 20.3 Å². The number of nitriles is 1. The minimum atomic E-state index is -0.333. The molecule has 228 valence electrons. The first kappa shape index (κ1) is 28.7. The van der Waals surface area contributed by atoms with Gasteiger partial charge in [-0.1, -0.05) is 18.3 Å². The maximum atomic E-state index is 13.3. The molecule has 0 aromatic carbocycles. The van der Waals surface area contributed by atoms with Crippen LogP contribution in [0.2, 0.25) is 0 Å². The SMILES string of the molecule is CC(C)Nc1cc(-c2ccc3cc(C#N)cnn23)ncc1-c1nnc(N2C[C@H]3CC[C@@H](C2)[C@@H]3NC(=O)C2(C)CCOCC2)s1. The summed E-state index contributed by atoms with van der Waals surface area (Å²) in [6.45, 7) is 9.34. The summed E-state index contributed by atoms with van der Waals surface area (Å²) in [5.74, 6) is 0.996. The topological polar surface area (TPSA) is 133 Å². The Kier molecular flexibility index (Phi) is 7.46. The van der Waals surface area contributed by atoms with E-state index in [1.807, 2.05) is 30.5 Å². The van der Waals surface area contributed by atoms with Gasteiger partial charge in [0.05, 0.1) is 39.6 Å². The standard InChI is InChI=1S/C32H37N9O2S/c1-19(2)36-25-13-26(27-7-6-23-12-20(14-33)15-35-41(23)27)34-16-24(25)29-38-39-31(44-29)40-17-21-4-5-22(18-40)28(21)37-30(42)32(3)8-10-43-11-9-32/h6-7,12-13,15-16,19,21-22,28H,4-5,8-11,17-18H2,1-3H3,(H,34,36)(H,37,42)/t21-,22+,28-. The number of aromatic nitrogens is 5. The zero-order valence-electron chi connectivity index (χ0n) is 25.3. The molecule has 12 heteroatoms. The van der Waals surface area contributed by atoms with Crippen LogP contribution in [0, 0.1) is 28.6 Å². The minimum Gasteiger partial charge on any atom is -0.382 e. The molecule has 1 saturated carbocycles. The molecular formula is C32H37N9O2S. The number of carbonyl (C=O) groups excluding carboxylic acids is 1. The molecule has 11 nitrogen and oxygen atoms in total. The van der Waals surface area contributed by atoms with Crippen LogP contribution >= 0.6 is 11.3 Å². The van der Waals surface area contributed by atoms with E-state index in [-0.39, 0.29) is 23.4 Å². The van der Waals surface area contributed by atoms with Gasteiger partial charge in [-0.25, -0.2) is 4.52 Å². The first-order chi connectivity index (χ1) is 21.3. The third-order valence-corrected chi connectivity index (χ3v) is 10.4. The highest BCUT2D eigenvalue weighted by atomic mass is 32.1. The van der Waals surface area contributed by atoms with Gasteiger partial charge in [-0.3, -0.25) is 9.78 Å². The van der Waals surface area contributed by atoms with Gasteiger partial charge >= 0.3 is 0 Å². The van der Waals surface area contributed by atoms with Crippen molar-refractivity contribution in [3.8, 4) is 28.0 Å². The van der Waals surface area contributed by atoms with Crippen molar-refractivity contribution in [2.24, 2.45) is 17.3 Å². The third kappa shape index (κ3) is 5.28. The van der Waals surface area contributed by atoms with Crippen molar-refractivity contribution < 1.29 is 9.53 Å². The molecule has 2 N–H and O–H groups in total. The summed E-state index contributed by atoms with van der Waals surface area (Å²) in [6, 6.07) is 10.3. The van der Waals surface area contributed by atoms with E-state index >= 15 is 0 Å². The second-order valence-corrected chi connectivity index (χ2v) is 13.8. The predicted molar refractivity (Wildman–Crippen MR) is 169 cm³/mol. The van der Waals surface area contributed by atoms with Crippen molar-refractivity contribution in [1.82, 2.24) is 30.1 Å². The molecule has 3 atom stereocenters. The lowest BCUT2D eigenvalue weighted by Gasteiger charge is -2.40. The van der Waals surface area contributed by atoms with Gasteiger partial charge in [0.15, 0.2) is 5.01 Å². The lowest BCUT2D eigenvalue weighted by Crippen LogP contribution is -2.55. The summed E-state index contributed by atoms with van der Waals surface area (Å²) < 4.78 is 7.31. The minimum absolute atomic E-state index is 0.186. The predicted octanol–water partition coefficient (Wildman–Crippen LogP) is 4.75. The number of fused-ring (bicyclic) bond motifs is 3. The molecule has 4 aromatic rings. The van der Waals surface area contributed by atoms with Gasteiger partial charge in [0.2, 0.25) is 11.0 Å². The fourth-order valence-corrected chi connectivity index (χ4v) is 7.78. The van der Waals surface area contributed by atoms with Crippen LogP contribution in [0.3, 0.4) is 0 Å². The highest BCUT2D eigenvalue weighted by Crippen LogP contribution is 2.42. The number of anilines is 2. The number of pyridine rings is 1. The van der Waals surface area contributed by atoms with Crippen LogP contribution in [-0.2, 0) is 9.53 Å². The van der Waals surface area contributed by atoms with Gasteiger partial charge in [-0.2, -0.15) is 10.4 Å². The summed E-state index contributed by atoms with van der Waals surface area (Å²) >= 11 is 1.59. The maximum absolute atomic E-state index is 13.3. The maximum Gasteiger partial charge on any atom is 0.226 e. The molecule has 1 aliphatic carbocycles. The Bertz CT molecular complexity index is 1720. The molecule has 2 bridgehead atoms. The number of hydrogen-bond donors (Lipinski definition) is 2. The molecular weight excluding hydrogens is 574 g/mol. The molecule has 0 unspecified atom stereocenters. The highest BCUT2D eigenvalue weighted by molar-refractivity contribution is 7.18. The van der Waals surface area contributed by atoms with Gasteiger partial charge in [-0.05, 0) is 75.6 Å². The van der Waals surface area contributed by atoms with E-state index < -0.39 is 0 Å². The number of hydrogen-bond acceptors (Lipinski definition) is 10. The summed E-state index contributed by atoms with van der Waals surface area (Å²) in [4.78, 5) is 20.4. The monoisotopic (exact) mass is 611 g/mol. The van der Waals surface area contributed by atoms with Crippen LogP contribution in [0.4, 0.5) is 10.8 Å². The van der Waals surface area contributed by atoms with E-state index in [9.17, 15) is 10.1 Å². The van der Waals surface area contributed by atoms with Crippen LogP contribution in [-0.4, -0.2) is 69.1 Å². The molecule has 44 heavy (non-hydrogen) atoms. The van der Waals surface area contributed by atoms with Crippen LogP contribution in [0.25, 0.3) is 27.5 Å². The van der Waals surface area contributed by atoms with Crippen molar-refractivity contribution >= 4 is 33.6 Å². The summed E-state index contributed by atoms with van der Waals surface area (Å²) in [5, 5.41) is 31.7. The quantitative estimate of drug-likeness (QED) is 0.304. The molecule has 0 radical (unpaired) electrons. The molecule has 6 heterocycles. The normalized spacial score (nSPS) is 22.7. The molecule has 7 rings (SSSR count). The zero-order chi connectivity index (χ0) is 30.4. The number of nitrogens with one attached hydrogen (secondary N) is 2. The second-order valence-electron chi connectivity index (χ2n) is 12.9. The summed E-state index contributed by atoms with van der Waals surface area (Å²) in [5.41, 5.74) is 4.48. The Balaban J connectivity index is 1.10. The van der Waals surface area contributed by atoms with Gasteiger partial charge in [0, 0.05) is 50.3 Å². The van der Waals surface area contributed by atoms with Crippen LogP contribution < -0.4 is 15.5 Å². The van der Waals surface area contributed by atoms with E-state index in [1.165, 1.54) is 0 Å². The third-order valence-electron chi connectivity index (χ3n) is 9.43. The van der Waals surface area contributed by atoms with Crippen molar-refractivity contribution in [3.05, 3.63) is 42.2 Å². The number of carbonyl (C=O) groups is 1. The molecule has 2 aliphatic heterocycles. The average molecular weight is 612 g/mol. The summed E-state index contributed by atoms with van der Waals surface area (Å²) in [6.07, 6.45) is 7.23. The van der Waals surface area contributed by atoms with Gasteiger partial charge in [-0.15, -0.1) is 10.2 Å². The molecule has 3 aliphatic rings. The zero-order valence-corrected chi connectivity index (χ0v) is 26.1. The number of ether oxygens (including phenoxy) is 1. The second kappa shape index (κ2) is 11.4. The smallest absolute Gasteiger partial charge is 0.226 e. The average Bonchev–Trinajstić information content (AvgIpc) is 3.73. The number of nitrogens with zero attached hydrogens (tertiary/aromatic N) is 7. The first-order valence-corrected chi connectivity index (χ1v) is 16.3. The molecule has 4 aromatic heterocycles. The number of rotatable bonds is 7. The Morgan fingerprint density at radius 3 is 2.64 bits per heavy atom. The number of amides is 1. The van der Waals surface area contributed by atoms with Crippen molar-refractivity contribution in [1.29, 1.82) is 5.26 Å². The lowest BCUT2D eigenvalue weighted by molar-refractivity contribution is -0.136. The van der Waals surface area contributed by atoms with E-state index in [1.54, 1.807) is 22.0 Å². The van der Waals surface area contributed by atoms with Crippen LogP contribution in [0.15, 0.2) is 36.7 Å². The van der Waals surface area contributed by atoms with E-state index in [2.05, 4.69) is 57.7 Å². The van der Waals surface area contributed by atoms with Crippen LogP contribution in [0.5, 0.6) is 0 Å². The Labute approximate surface area is 260 Å². The largest absolute Gasteiger partial charge is 0.382 e. The lowest BCUT2D eigenvalue weighted by atomic mass is 9.80. The molecule has 3 fully saturated rings. The molecule has 0 spiro atoms. The van der Waals surface area contributed by atoms with Gasteiger partial charge in [0.1, 0.15) is 6.07 Å². The van der Waals surface area contributed by atoms with Gasteiger partial charge in [0.25, 0.3) is 0 Å². The number of piperidine rings is 1. The molecule has 2 saturated heterocycles. The van der Waals surface area contributed by atoms with Crippen molar-refractivity contribution in [2.75, 3.05) is 36.5 Å². The Morgan fingerprint density at radius 2 is 1.91 bits per heavy atom. The Morgan fingerprint density at radius 1 is 1.14 bits per heavy atom. The Hall–Kier alpha value is -4.08. The van der Waals surface area contributed by atoms with Crippen LogP contribution in [0.1, 0.15) is 52.0 Å². The summed E-state index contributed by atoms with van der Waals surface area (Å²) in [7, 11) is 0. The van der Waals surface area contributed by atoms with E-state index in [0.29, 0.717) is 30.6 Å². The fourth-order valence-electron chi connectivity index (χ4n) is 6.89. The van der Waals surface area contributed by atoms with E-state index in [0.717, 1.165) is 77.1 Å². The van der Waals surface area contributed by atoms with Crippen molar-refractivity contribution in [3.63, 3.8) is 0 Å². The first-order valence-electron chi connectivity index (χ1n) is 15.4. The van der Waals surface area contributed by atoms with Crippen molar-refractivity contribution in [2.45, 2.75) is 58.5 Å². The highest BCUT2D eigenvalue weighted by Gasteiger charge is 2.46. The fraction of sp³-hybridized carbons (Fsp3) is 0.500. The molecule has 1 amide bonds.